The molecular formula is C30H43N3O7. The molecule has 0 aliphatic carbocycles. The van der Waals surface area contributed by atoms with E-state index in [1.807, 2.05) is 26.0 Å². The number of esters is 1. The van der Waals surface area contributed by atoms with E-state index in [1.165, 1.54) is 4.90 Å². The van der Waals surface area contributed by atoms with Crippen LogP contribution in [-0.4, -0.2) is 72.8 Å². The molecule has 10 nitrogen and oxygen atoms in total. The molecule has 1 aromatic rings. The van der Waals surface area contributed by atoms with Crippen LogP contribution in [0.15, 0.2) is 24.3 Å². The molecular weight excluding hydrogens is 514 g/mol. The molecule has 0 bridgehead atoms. The molecule has 0 aromatic heterocycles. The van der Waals surface area contributed by atoms with Gasteiger partial charge in [-0.05, 0) is 70.1 Å². The molecule has 2 atom stereocenters. The standard InChI is InChI=1S/C30H43N3O7/c1-8-21-12-14-22(15-13-21)19-31-26(35)23-11-10-17-33(23)27(36)25(32-28(37)40-29(3,4)5)30(6,7)16-18-38-20-24(34)39-9-2/h1,12-15,23,25H,9-11,16-20H2,2-7H3,(H,31,35)(H,32,37)/t23?,25-/m0/s1. The SMILES string of the molecule is C#Cc1ccc(CNC(=O)C2CCCN2C(=O)[C@H](NC(=O)OC(C)(C)C)C(C)(C)CCOCC(=O)OCC)cc1. The van der Waals surface area contributed by atoms with Gasteiger partial charge in [0, 0.05) is 25.3 Å². The van der Waals surface area contributed by atoms with E-state index >= 15 is 0 Å². The zero-order valence-electron chi connectivity index (χ0n) is 24.5. The van der Waals surface area contributed by atoms with Crippen LogP contribution in [-0.2, 0) is 35.1 Å². The van der Waals surface area contributed by atoms with Crippen molar-refractivity contribution < 1.29 is 33.4 Å². The Morgan fingerprint density at radius 2 is 1.80 bits per heavy atom. The fourth-order valence-electron chi connectivity index (χ4n) is 4.35. The van der Waals surface area contributed by atoms with Gasteiger partial charge in [0.2, 0.25) is 11.8 Å². The average molecular weight is 558 g/mol. The Morgan fingerprint density at radius 3 is 2.40 bits per heavy atom. The topological polar surface area (TPSA) is 123 Å². The highest BCUT2D eigenvalue weighted by atomic mass is 16.6. The molecule has 1 unspecified atom stereocenters. The summed E-state index contributed by atoms with van der Waals surface area (Å²) in [6.45, 7) is 11.5. The summed E-state index contributed by atoms with van der Waals surface area (Å²) in [7, 11) is 0. The molecule has 10 heteroatoms. The highest BCUT2D eigenvalue weighted by molar-refractivity contribution is 5.92. The number of carbonyl (C=O) groups excluding carboxylic acids is 4. The highest BCUT2D eigenvalue weighted by Crippen LogP contribution is 2.30. The molecule has 1 aliphatic rings. The number of likely N-dealkylation sites (tertiary alicyclic amines) is 1. The zero-order chi connectivity index (χ0) is 29.9. The molecule has 2 N–H and O–H groups in total. The van der Waals surface area contributed by atoms with Gasteiger partial charge in [0.25, 0.3) is 0 Å². The minimum Gasteiger partial charge on any atom is -0.464 e. The van der Waals surface area contributed by atoms with Crippen molar-refractivity contribution in [3.8, 4) is 12.3 Å². The Kier molecular flexibility index (Phi) is 12.0. The van der Waals surface area contributed by atoms with E-state index < -0.39 is 35.2 Å². The number of amides is 3. The quantitative estimate of drug-likeness (QED) is 0.230. The van der Waals surface area contributed by atoms with Gasteiger partial charge in [0.15, 0.2) is 0 Å². The van der Waals surface area contributed by atoms with Crippen LogP contribution in [0, 0.1) is 17.8 Å². The molecule has 0 radical (unpaired) electrons. The fourth-order valence-corrected chi connectivity index (χ4v) is 4.35. The first-order valence-corrected chi connectivity index (χ1v) is 13.6. The molecule has 1 aliphatic heterocycles. The summed E-state index contributed by atoms with van der Waals surface area (Å²) < 4.78 is 15.8. The van der Waals surface area contributed by atoms with Gasteiger partial charge in [-0.25, -0.2) is 9.59 Å². The van der Waals surface area contributed by atoms with E-state index in [1.54, 1.807) is 39.8 Å². The van der Waals surface area contributed by atoms with E-state index in [-0.39, 0.29) is 31.6 Å². The summed E-state index contributed by atoms with van der Waals surface area (Å²) in [5, 5.41) is 5.66. The molecule has 0 spiro atoms. The predicted molar refractivity (Wildman–Crippen MR) is 150 cm³/mol. The second kappa shape index (κ2) is 14.7. The van der Waals surface area contributed by atoms with E-state index in [9.17, 15) is 19.2 Å². The fraction of sp³-hybridized carbons (Fsp3) is 0.600. The number of alkyl carbamates (subject to hydrolysis) is 1. The monoisotopic (exact) mass is 557 g/mol. The minimum atomic E-state index is -1.00. The maximum atomic E-state index is 13.9. The van der Waals surface area contributed by atoms with Gasteiger partial charge in [-0.15, -0.1) is 6.42 Å². The van der Waals surface area contributed by atoms with Crippen molar-refractivity contribution in [2.45, 2.75) is 85.0 Å². The summed E-state index contributed by atoms with van der Waals surface area (Å²) in [5.74, 6) is 1.44. The Morgan fingerprint density at radius 1 is 1.12 bits per heavy atom. The van der Waals surface area contributed by atoms with E-state index in [0.29, 0.717) is 32.4 Å². The van der Waals surface area contributed by atoms with E-state index in [2.05, 4.69) is 16.6 Å². The van der Waals surface area contributed by atoms with Crippen molar-refractivity contribution in [3.63, 3.8) is 0 Å². The molecule has 1 aromatic carbocycles. The summed E-state index contributed by atoms with van der Waals surface area (Å²) in [6.07, 6.45) is 6.18. The summed E-state index contributed by atoms with van der Waals surface area (Å²) in [6, 6.07) is 5.63. The lowest BCUT2D eigenvalue weighted by atomic mass is 9.80. The normalized spacial score (nSPS) is 16.0. The molecule has 220 valence electrons. The van der Waals surface area contributed by atoms with Gasteiger partial charge in [-0.1, -0.05) is 31.9 Å². The van der Waals surface area contributed by atoms with Crippen LogP contribution in [0.2, 0.25) is 0 Å². The molecule has 1 fully saturated rings. The number of hydrogen-bond donors (Lipinski definition) is 2. The second-order valence-corrected chi connectivity index (χ2v) is 11.4. The molecule has 40 heavy (non-hydrogen) atoms. The van der Waals surface area contributed by atoms with Crippen molar-refractivity contribution in [3.05, 3.63) is 35.4 Å². The van der Waals surface area contributed by atoms with Crippen molar-refractivity contribution in [2.24, 2.45) is 5.41 Å². The molecule has 0 saturated carbocycles. The molecule has 1 saturated heterocycles. The Labute approximate surface area is 237 Å². The highest BCUT2D eigenvalue weighted by Gasteiger charge is 2.44. The maximum Gasteiger partial charge on any atom is 0.408 e. The number of carbonyl (C=O) groups is 4. The van der Waals surface area contributed by atoms with Crippen molar-refractivity contribution in [1.29, 1.82) is 0 Å². The third kappa shape index (κ3) is 10.2. The lowest BCUT2D eigenvalue weighted by Gasteiger charge is -2.38. The van der Waals surface area contributed by atoms with E-state index in [0.717, 1.165) is 11.1 Å². The van der Waals surface area contributed by atoms with Crippen LogP contribution < -0.4 is 10.6 Å². The third-order valence-corrected chi connectivity index (χ3v) is 6.53. The van der Waals surface area contributed by atoms with Crippen LogP contribution in [0.3, 0.4) is 0 Å². The smallest absolute Gasteiger partial charge is 0.408 e. The summed E-state index contributed by atoms with van der Waals surface area (Å²) >= 11 is 0. The number of ether oxygens (including phenoxy) is 3. The molecule has 2 rings (SSSR count). The number of benzene rings is 1. The number of rotatable bonds is 12. The van der Waals surface area contributed by atoms with Crippen molar-refractivity contribution >= 4 is 23.9 Å². The lowest BCUT2D eigenvalue weighted by Crippen LogP contribution is -2.58. The minimum absolute atomic E-state index is 0.161. The zero-order valence-corrected chi connectivity index (χ0v) is 24.5. The second-order valence-electron chi connectivity index (χ2n) is 11.4. The average Bonchev–Trinajstić information content (AvgIpc) is 3.38. The third-order valence-electron chi connectivity index (χ3n) is 6.53. The van der Waals surface area contributed by atoms with Gasteiger partial charge >= 0.3 is 12.1 Å². The number of terminal acetylenes is 1. The first-order valence-electron chi connectivity index (χ1n) is 13.6. The van der Waals surface area contributed by atoms with Crippen LogP contribution in [0.25, 0.3) is 0 Å². The predicted octanol–water partition coefficient (Wildman–Crippen LogP) is 3.16. The first-order chi connectivity index (χ1) is 18.8. The van der Waals surface area contributed by atoms with Gasteiger partial charge in [-0.3, -0.25) is 9.59 Å². The van der Waals surface area contributed by atoms with Crippen molar-refractivity contribution in [2.75, 3.05) is 26.4 Å². The maximum absolute atomic E-state index is 13.9. The Bertz CT molecular complexity index is 1070. The lowest BCUT2D eigenvalue weighted by molar-refractivity contribution is -0.149. The van der Waals surface area contributed by atoms with Gasteiger partial charge in [-0.2, -0.15) is 0 Å². The number of nitrogens with one attached hydrogen (secondary N) is 2. The van der Waals surface area contributed by atoms with Gasteiger partial charge in [0.05, 0.1) is 6.61 Å². The van der Waals surface area contributed by atoms with Crippen LogP contribution in [0.5, 0.6) is 0 Å². The Hall–Kier alpha value is -3.58. The Balaban J connectivity index is 2.14. The number of nitrogens with zero attached hydrogens (tertiary/aromatic N) is 1. The van der Waals surface area contributed by atoms with Crippen LogP contribution in [0.1, 0.15) is 71.9 Å². The summed E-state index contributed by atoms with van der Waals surface area (Å²) in [4.78, 5) is 53.0. The van der Waals surface area contributed by atoms with E-state index in [4.69, 9.17) is 20.6 Å². The van der Waals surface area contributed by atoms with Gasteiger partial charge in [0.1, 0.15) is 24.3 Å². The van der Waals surface area contributed by atoms with Gasteiger partial charge < -0.3 is 29.7 Å². The summed E-state index contributed by atoms with van der Waals surface area (Å²) in [5.41, 5.74) is 0.0705. The molecule has 3 amide bonds. The molecule has 1 heterocycles. The first kappa shape index (κ1) is 32.6. The largest absolute Gasteiger partial charge is 0.464 e. The van der Waals surface area contributed by atoms with Crippen LogP contribution >= 0.6 is 0 Å². The van der Waals surface area contributed by atoms with Crippen LogP contribution in [0.4, 0.5) is 4.79 Å². The van der Waals surface area contributed by atoms with Crippen molar-refractivity contribution in [1.82, 2.24) is 15.5 Å². The number of hydrogen-bond acceptors (Lipinski definition) is 7.